The van der Waals surface area contributed by atoms with E-state index in [0.717, 1.165) is 10.6 Å². The Morgan fingerprint density at radius 1 is 1.25 bits per heavy atom. The molecule has 32 heavy (non-hydrogen) atoms. The molecule has 0 aliphatic carbocycles. The van der Waals surface area contributed by atoms with E-state index in [0.29, 0.717) is 19.0 Å². The highest BCUT2D eigenvalue weighted by Crippen LogP contribution is 2.37. The van der Waals surface area contributed by atoms with Crippen LogP contribution >= 0.6 is 11.8 Å². The van der Waals surface area contributed by atoms with Crippen molar-refractivity contribution in [2.24, 2.45) is 0 Å². The molecule has 0 radical (unpaired) electrons. The number of fused-ring (bicyclic) bond motifs is 1. The maximum atomic E-state index is 13.0. The van der Waals surface area contributed by atoms with Gasteiger partial charge in [-0.15, -0.1) is 11.8 Å². The molecule has 4 rings (SSSR count). The number of anilines is 2. The highest BCUT2D eigenvalue weighted by atomic mass is 32.2. The van der Waals surface area contributed by atoms with Gasteiger partial charge in [0.15, 0.2) is 0 Å². The Morgan fingerprint density at radius 2 is 2.00 bits per heavy atom. The van der Waals surface area contributed by atoms with Gasteiger partial charge in [-0.1, -0.05) is 12.1 Å². The van der Waals surface area contributed by atoms with E-state index in [-0.39, 0.29) is 36.0 Å². The van der Waals surface area contributed by atoms with Gasteiger partial charge in [0.05, 0.1) is 41.8 Å². The number of morpholine rings is 1. The van der Waals surface area contributed by atoms with Gasteiger partial charge >= 0.3 is 0 Å². The summed E-state index contributed by atoms with van der Waals surface area (Å²) in [6, 6.07) is 11.7. The summed E-state index contributed by atoms with van der Waals surface area (Å²) in [6.07, 6.45) is -0.0750. The Kier molecular flexibility index (Phi) is 6.70. The van der Waals surface area contributed by atoms with Crippen LogP contribution in [0.1, 0.15) is 6.42 Å². The lowest BCUT2D eigenvalue weighted by molar-refractivity contribution is -0.120. The van der Waals surface area contributed by atoms with E-state index in [2.05, 4.69) is 10.6 Å². The lowest BCUT2D eigenvalue weighted by atomic mass is 10.2. The van der Waals surface area contributed by atoms with Gasteiger partial charge in [-0.2, -0.15) is 4.31 Å². The molecule has 0 bridgehead atoms. The van der Waals surface area contributed by atoms with Crippen molar-refractivity contribution in [3.8, 4) is 5.75 Å². The zero-order chi connectivity index (χ0) is 22.7. The Bertz CT molecular complexity index is 1130. The first kappa shape index (κ1) is 22.6. The van der Waals surface area contributed by atoms with E-state index in [9.17, 15) is 18.0 Å². The number of amides is 2. The van der Waals surface area contributed by atoms with Crippen LogP contribution in [0.25, 0.3) is 0 Å². The SMILES string of the molecule is COc1ccc(S(=O)(=O)N2CCOCC2)cc1NC(=O)CC1Sc2ccccc2NC1=O. The number of nitrogens with zero attached hydrogens (tertiary/aromatic N) is 1. The highest BCUT2D eigenvalue weighted by molar-refractivity contribution is 8.01. The van der Waals surface area contributed by atoms with Crippen molar-refractivity contribution in [3.63, 3.8) is 0 Å². The molecule has 2 aromatic rings. The van der Waals surface area contributed by atoms with Crippen molar-refractivity contribution in [2.45, 2.75) is 21.5 Å². The molecule has 1 fully saturated rings. The molecule has 2 aromatic carbocycles. The summed E-state index contributed by atoms with van der Waals surface area (Å²) in [5, 5.41) is 4.91. The van der Waals surface area contributed by atoms with Crippen LogP contribution < -0.4 is 15.4 Å². The second-order valence-electron chi connectivity index (χ2n) is 7.22. The fourth-order valence-corrected chi connectivity index (χ4v) is 6.02. The van der Waals surface area contributed by atoms with Gasteiger partial charge < -0.3 is 20.1 Å². The van der Waals surface area contributed by atoms with Crippen LogP contribution in [0.15, 0.2) is 52.3 Å². The summed E-state index contributed by atoms with van der Waals surface area (Å²) in [5.41, 5.74) is 0.954. The third-order valence-electron chi connectivity index (χ3n) is 5.13. The summed E-state index contributed by atoms with van der Waals surface area (Å²) >= 11 is 1.32. The molecule has 11 heteroatoms. The molecule has 2 amide bonds. The van der Waals surface area contributed by atoms with Crippen LogP contribution in [0, 0.1) is 0 Å². The molecule has 2 heterocycles. The minimum atomic E-state index is -3.74. The number of benzene rings is 2. The van der Waals surface area contributed by atoms with Gasteiger partial charge in [0, 0.05) is 24.4 Å². The normalized spacial score (nSPS) is 19.0. The number of para-hydroxylation sites is 1. The van der Waals surface area contributed by atoms with Crippen LogP contribution in [0.3, 0.4) is 0 Å². The number of rotatable bonds is 6. The van der Waals surface area contributed by atoms with E-state index in [1.54, 1.807) is 0 Å². The number of hydrogen-bond donors (Lipinski definition) is 2. The zero-order valence-corrected chi connectivity index (χ0v) is 19.0. The molecule has 0 aromatic heterocycles. The Morgan fingerprint density at radius 3 is 2.75 bits per heavy atom. The van der Waals surface area contributed by atoms with Crippen molar-refractivity contribution in [2.75, 3.05) is 44.0 Å². The first-order valence-corrected chi connectivity index (χ1v) is 12.3. The predicted octanol–water partition coefficient (Wildman–Crippen LogP) is 2.16. The number of thioether (sulfide) groups is 1. The molecular formula is C21H23N3O6S2. The quantitative estimate of drug-likeness (QED) is 0.655. The van der Waals surface area contributed by atoms with E-state index >= 15 is 0 Å². The average Bonchev–Trinajstić information content (AvgIpc) is 2.80. The monoisotopic (exact) mass is 477 g/mol. The fourth-order valence-electron chi connectivity index (χ4n) is 3.48. The van der Waals surface area contributed by atoms with Crippen molar-refractivity contribution in [1.29, 1.82) is 0 Å². The first-order valence-electron chi connectivity index (χ1n) is 10.0. The van der Waals surface area contributed by atoms with Crippen molar-refractivity contribution < 1.29 is 27.5 Å². The van der Waals surface area contributed by atoms with Gasteiger partial charge in [-0.05, 0) is 30.3 Å². The van der Waals surface area contributed by atoms with Gasteiger partial charge in [0.25, 0.3) is 0 Å². The lowest BCUT2D eigenvalue weighted by Gasteiger charge is -2.26. The van der Waals surface area contributed by atoms with E-state index in [1.807, 2.05) is 24.3 Å². The largest absolute Gasteiger partial charge is 0.495 e. The number of ether oxygens (including phenoxy) is 2. The zero-order valence-electron chi connectivity index (χ0n) is 17.4. The Labute approximate surface area is 190 Å². The lowest BCUT2D eigenvalue weighted by Crippen LogP contribution is -2.40. The number of carbonyl (C=O) groups excluding carboxylic acids is 2. The molecule has 9 nitrogen and oxygen atoms in total. The summed E-state index contributed by atoms with van der Waals surface area (Å²) in [7, 11) is -2.30. The van der Waals surface area contributed by atoms with Crippen LogP contribution in [0.4, 0.5) is 11.4 Å². The molecule has 2 aliphatic rings. The van der Waals surface area contributed by atoms with Crippen LogP contribution in [0.5, 0.6) is 5.75 Å². The van der Waals surface area contributed by atoms with Gasteiger partial charge in [-0.3, -0.25) is 9.59 Å². The Balaban J connectivity index is 1.50. The second-order valence-corrected chi connectivity index (χ2v) is 10.4. The number of sulfonamides is 1. The smallest absolute Gasteiger partial charge is 0.243 e. The second kappa shape index (κ2) is 9.49. The van der Waals surface area contributed by atoms with Crippen molar-refractivity contribution in [3.05, 3.63) is 42.5 Å². The molecular weight excluding hydrogens is 454 g/mol. The van der Waals surface area contributed by atoms with Gasteiger partial charge in [0.2, 0.25) is 21.8 Å². The predicted molar refractivity (Wildman–Crippen MR) is 121 cm³/mol. The maximum absolute atomic E-state index is 13.0. The molecule has 1 saturated heterocycles. The number of hydrogen-bond acceptors (Lipinski definition) is 7. The maximum Gasteiger partial charge on any atom is 0.243 e. The summed E-state index contributed by atoms with van der Waals surface area (Å²) < 4.78 is 37.8. The first-order chi connectivity index (χ1) is 15.4. The molecule has 0 spiro atoms. The van der Waals surface area contributed by atoms with E-state index in [4.69, 9.17) is 9.47 Å². The van der Waals surface area contributed by atoms with Crippen LogP contribution in [-0.4, -0.2) is 63.2 Å². The summed E-state index contributed by atoms with van der Waals surface area (Å²) in [6.45, 7) is 1.21. The van der Waals surface area contributed by atoms with Crippen molar-refractivity contribution >= 4 is 45.0 Å². The average molecular weight is 478 g/mol. The number of methoxy groups -OCH3 is 1. The molecule has 2 N–H and O–H groups in total. The summed E-state index contributed by atoms with van der Waals surface area (Å²) in [4.78, 5) is 26.1. The summed E-state index contributed by atoms with van der Waals surface area (Å²) in [5.74, 6) is -0.346. The van der Waals surface area contributed by atoms with Crippen molar-refractivity contribution in [1.82, 2.24) is 4.31 Å². The molecule has 0 saturated carbocycles. The Hall–Kier alpha value is -2.60. The molecule has 1 atom stereocenters. The fraction of sp³-hybridized carbons (Fsp3) is 0.333. The standard InChI is InChI=1S/C21H23N3O6S2/c1-29-17-7-6-14(32(27,28)24-8-10-30-11-9-24)12-16(17)22-20(25)13-19-21(26)23-15-4-2-3-5-18(15)31-19/h2-7,12,19H,8-11,13H2,1H3,(H,22,25)(H,23,26). The number of carbonyl (C=O) groups is 2. The molecule has 1 unspecified atom stereocenters. The van der Waals surface area contributed by atoms with Gasteiger partial charge in [0.1, 0.15) is 5.75 Å². The third kappa shape index (κ3) is 4.75. The molecule has 170 valence electrons. The minimum Gasteiger partial charge on any atom is -0.495 e. The van der Waals surface area contributed by atoms with Crippen LogP contribution in [-0.2, 0) is 24.3 Å². The minimum absolute atomic E-state index is 0.0502. The van der Waals surface area contributed by atoms with E-state index < -0.39 is 21.2 Å². The van der Waals surface area contributed by atoms with Crippen LogP contribution in [0.2, 0.25) is 0 Å². The third-order valence-corrected chi connectivity index (χ3v) is 8.30. The van der Waals surface area contributed by atoms with E-state index in [1.165, 1.54) is 41.4 Å². The topological polar surface area (TPSA) is 114 Å². The molecule has 2 aliphatic heterocycles. The highest BCUT2D eigenvalue weighted by Gasteiger charge is 2.30. The number of nitrogens with one attached hydrogen (secondary N) is 2. The van der Waals surface area contributed by atoms with Gasteiger partial charge in [-0.25, -0.2) is 8.42 Å².